The molecule has 15 heavy (non-hydrogen) atoms. The Morgan fingerprint density at radius 3 is 2.60 bits per heavy atom. The molecular weight excluding hydrogens is 307 g/mol. The maximum absolute atomic E-state index is 5.07. The van der Waals surface area contributed by atoms with Crippen LogP contribution < -0.4 is 4.74 Å². The van der Waals surface area contributed by atoms with Crippen LogP contribution >= 0.6 is 22.6 Å². The predicted octanol–water partition coefficient (Wildman–Crippen LogP) is 1.33. The number of hydrogen-bond acceptors (Lipinski definition) is 4. The molecule has 2 rings (SSSR count). The van der Waals surface area contributed by atoms with E-state index in [-0.39, 0.29) is 0 Å². The van der Waals surface area contributed by atoms with E-state index < -0.39 is 0 Å². The fourth-order valence-corrected chi connectivity index (χ4v) is 1.53. The normalized spacial score (nSPS) is 10.3. The summed E-state index contributed by atoms with van der Waals surface area (Å²) >= 11 is 2.03. The highest BCUT2D eigenvalue weighted by Gasteiger charge is 2.00. The summed E-state index contributed by atoms with van der Waals surface area (Å²) < 4.78 is 5.73. The molecule has 78 valence electrons. The zero-order valence-electron chi connectivity index (χ0n) is 8.09. The summed E-state index contributed by atoms with van der Waals surface area (Å²) in [7, 11) is 1.65. The monoisotopic (exact) mass is 316 g/mol. The van der Waals surface area contributed by atoms with Gasteiger partial charge in [-0.15, -0.1) is 10.2 Å². The minimum Gasteiger partial charge on any atom is -0.497 e. The topological polar surface area (TPSA) is 52.8 Å². The summed E-state index contributed by atoms with van der Waals surface area (Å²) in [5, 5.41) is 11.8. The van der Waals surface area contributed by atoms with E-state index in [0.29, 0.717) is 10.4 Å². The average molecular weight is 316 g/mol. The molecule has 0 N–H and O–H groups in total. The third-order valence-corrected chi connectivity index (χ3v) is 2.34. The van der Waals surface area contributed by atoms with Gasteiger partial charge in [-0.05, 0) is 22.9 Å². The Bertz CT molecular complexity index is 440. The van der Waals surface area contributed by atoms with Crippen LogP contribution in [0.1, 0.15) is 5.56 Å². The van der Waals surface area contributed by atoms with Gasteiger partial charge in [0, 0.05) is 22.6 Å². The first kappa shape index (κ1) is 10.3. The molecule has 1 heterocycles. The standard InChI is InChI=1S/C9H9IN4O/c1-15-8-4-2-7(3-5-8)6-14-12-9(10)11-13-14/h2-5H,6H2,1H3. The number of nitrogens with zero attached hydrogens (tertiary/aromatic N) is 4. The quantitative estimate of drug-likeness (QED) is 0.802. The van der Waals surface area contributed by atoms with Crippen LogP contribution in [0.25, 0.3) is 0 Å². The molecule has 0 amide bonds. The third kappa shape index (κ3) is 2.65. The van der Waals surface area contributed by atoms with Crippen LogP contribution in [0.3, 0.4) is 0 Å². The van der Waals surface area contributed by atoms with Crippen molar-refractivity contribution in [2.45, 2.75) is 6.54 Å². The smallest absolute Gasteiger partial charge is 0.234 e. The van der Waals surface area contributed by atoms with Crippen molar-refractivity contribution >= 4 is 22.6 Å². The molecule has 0 aliphatic carbocycles. The summed E-state index contributed by atoms with van der Waals surface area (Å²) in [6.07, 6.45) is 0. The average Bonchev–Trinajstić information content (AvgIpc) is 2.65. The number of hydrogen-bond donors (Lipinski definition) is 0. The second-order valence-electron chi connectivity index (χ2n) is 2.94. The molecule has 2 aromatic rings. The van der Waals surface area contributed by atoms with Crippen LogP contribution in [0, 0.1) is 3.83 Å². The van der Waals surface area contributed by atoms with Crippen molar-refractivity contribution in [3.8, 4) is 5.75 Å². The van der Waals surface area contributed by atoms with Crippen LogP contribution in [-0.4, -0.2) is 27.3 Å². The molecular formula is C9H9IN4O. The highest BCUT2D eigenvalue weighted by molar-refractivity contribution is 14.1. The molecule has 0 saturated heterocycles. The molecule has 0 aliphatic rings. The zero-order chi connectivity index (χ0) is 10.7. The predicted molar refractivity (Wildman–Crippen MR) is 62.6 cm³/mol. The first-order valence-corrected chi connectivity index (χ1v) is 5.42. The van der Waals surface area contributed by atoms with Gasteiger partial charge >= 0.3 is 0 Å². The molecule has 0 unspecified atom stereocenters. The Morgan fingerprint density at radius 2 is 2.07 bits per heavy atom. The lowest BCUT2D eigenvalue weighted by Gasteiger charge is -2.01. The summed E-state index contributed by atoms with van der Waals surface area (Å²) in [5.41, 5.74) is 1.12. The van der Waals surface area contributed by atoms with Crippen LogP contribution in [0.4, 0.5) is 0 Å². The van der Waals surface area contributed by atoms with Gasteiger partial charge in [-0.25, -0.2) is 0 Å². The van der Waals surface area contributed by atoms with Gasteiger partial charge in [0.25, 0.3) is 0 Å². The Labute approximate surface area is 101 Å². The number of aromatic nitrogens is 4. The van der Waals surface area contributed by atoms with E-state index in [4.69, 9.17) is 4.74 Å². The summed E-state index contributed by atoms with van der Waals surface area (Å²) in [6, 6.07) is 7.79. The number of ether oxygens (including phenoxy) is 1. The molecule has 1 aromatic carbocycles. The Morgan fingerprint density at radius 1 is 1.33 bits per heavy atom. The van der Waals surface area contributed by atoms with Crippen molar-refractivity contribution in [1.82, 2.24) is 20.2 Å². The number of methoxy groups -OCH3 is 1. The summed E-state index contributed by atoms with van der Waals surface area (Å²) in [5.74, 6) is 0.847. The van der Waals surface area contributed by atoms with Gasteiger partial charge in [0.2, 0.25) is 3.83 Å². The second-order valence-corrected chi connectivity index (χ2v) is 3.90. The van der Waals surface area contributed by atoms with Gasteiger partial charge in [0.1, 0.15) is 5.75 Å². The first-order valence-electron chi connectivity index (χ1n) is 4.34. The largest absolute Gasteiger partial charge is 0.497 e. The minimum atomic E-state index is 0.625. The van der Waals surface area contributed by atoms with Gasteiger partial charge in [0.15, 0.2) is 0 Å². The van der Waals surface area contributed by atoms with Crippen LogP contribution in [0.2, 0.25) is 0 Å². The number of benzene rings is 1. The lowest BCUT2D eigenvalue weighted by atomic mass is 10.2. The zero-order valence-corrected chi connectivity index (χ0v) is 10.2. The van der Waals surface area contributed by atoms with E-state index in [9.17, 15) is 0 Å². The van der Waals surface area contributed by atoms with Crippen molar-refractivity contribution < 1.29 is 4.74 Å². The highest BCUT2D eigenvalue weighted by Crippen LogP contribution is 2.11. The maximum atomic E-state index is 5.07. The molecule has 1 aromatic heterocycles. The van der Waals surface area contributed by atoms with Gasteiger partial charge in [0.05, 0.1) is 13.7 Å². The van der Waals surface area contributed by atoms with Gasteiger partial charge in [-0.2, -0.15) is 4.80 Å². The van der Waals surface area contributed by atoms with E-state index in [1.165, 1.54) is 0 Å². The third-order valence-electron chi connectivity index (χ3n) is 1.91. The summed E-state index contributed by atoms with van der Waals surface area (Å²) in [6.45, 7) is 0.625. The van der Waals surface area contributed by atoms with Crippen molar-refractivity contribution in [2.24, 2.45) is 0 Å². The van der Waals surface area contributed by atoms with Crippen molar-refractivity contribution in [1.29, 1.82) is 0 Å². The number of rotatable bonds is 3. The second kappa shape index (κ2) is 4.56. The molecule has 0 fully saturated rings. The van der Waals surface area contributed by atoms with Crippen molar-refractivity contribution in [3.63, 3.8) is 0 Å². The molecule has 0 radical (unpaired) electrons. The minimum absolute atomic E-state index is 0.625. The Balaban J connectivity index is 2.11. The highest BCUT2D eigenvalue weighted by atomic mass is 127. The number of tetrazole rings is 1. The Kier molecular flexibility index (Phi) is 3.14. The number of halogens is 1. The molecule has 0 aliphatic heterocycles. The lowest BCUT2D eigenvalue weighted by molar-refractivity contribution is 0.414. The fourth-order valence-electron chi connectivity index (χ4n) is 1.19. The van der Waals surface area contributed by atoms with Crippen LogP contribution in [0.15, 0.2) is 24.3 Å². The molecule has 5 nitrogen and oxygen atoms in total. The van der Waals surface area contributed by atoms with Crippen LogP contribution in [0.5, 0.6) is 5.75 Å². The van der Waals surface area contributed by atoms with E-state index in [2.05, 4.69) is 15.4 Å². The van der Waals surface area contributed by atoms with Crippen LogP contribution in [-0.2, 0) is 6.54 Å². The molecule has 0 saturated carbocycles. The first-order chi connectivity index (χ1) is 7.28. The molecule has 0 bridgehead atoms. The molecule has 0 spiro atoms. The fraction of sp³-hybridized carbons (Fsp3) is 0.222. The van der Waals surface area contributed by atoms with Crippen molar-refractivity contribution in [2.75, 3.05) is 7.11 Å². The van der Waals surface area contributed by atoms with Gasteiger partial charge in [-0.1, -0.05) is 12.1 Å². The van der Waals surface area contributed by atoms with E-state index in [1.54, 1.807) is 11.9 Å². The maximum Gasteiger partial charge on any atom is 0.234 e. The SMILES string of the molecule is COc1ccc(Cn2nnc(I)n2)cc1. The van der Waals surface area contributed by atoms with Crippen molar-refractivity contribution in [3.05, 3.63) is 33.7 Å². The van der Waals surface area contributed by atoms with E-state index >= 15 is 0 Å². The summed E-state index contributed by atoms with van der Waals surface area (Å²) in [4.78, 5) is 1.56. The van der Waals surface area contributed by atoms with E-state index in [1.807, 2.05) is 46.9 Å². The molecule has 0 atom stereocenters. The lowest BCUT2D eigenvalue weighted by Crippen LogP contribution is -2.03. The van der Waals surface area contributed by atoms with Gasteiger partial charge < -0.3 is 4.74 Å². The Hall–Kier alpha value is -1.18. The van der Waals surface area contributed by atoms with Gasteiger partial charge in [-0.3, -0.25) is 0 Å². The van der Waals surface area contributed by atoms with E-state index in [0.717, 1.165) is 11.3 Å². The molecule has 6 heteroatoms.